The number of hydrogen-bond acceptors (Lipinski definition) is 5. The second kappa shape index (κ2) is 5.77. The summed E-state index contributed by atoms with van der Waals surface area (Å²) in [6.45, 7) is 0.111. The molecular formula is C11H8ClN3O3S. The van der Waals surface area contributed by atoms with Crippen molar-refractivity contribution in [1.29, 1.82) is 0 Å². The SMILES string of the molecule is O=Cc1sc(N(Cc2ccncc2)C(=O)O)nc1Cl. The number of hydrogen-bond donors (Lipinski definition) is 1. The Morgan fingerprint density at radius 3 is 2.68 bits per heavy atom. The molecule has 0 radical (unpaired) electrons. The van der Waals surface area contributed by atoms with Crippen LogP contribution in [-0.2, 0) is 6.54 Å². The van der Waals surface area contributed by atoms with Crippen LogP contribution in [0.4, 0.5) is 9.93 Å². The fourth-order valence-electron chi connectivity index (χ4n) is 1.38. The van der Waals surface area contributed by atoms with Crippen LogP contribution in [0.2, 0.25) is 5.15 Å². The fraction of sp³-hybridized carbons (Fsp3) is 0.0909. The number of carbonyl (C=O) groups is 2. The van der Waals surface area contributed by atoms with Crippen LogP contribution >= 0.6 is 22.9 Å². The molecule has 2 aromatic heterocycles. The predicted molar refractivity (Wildman–Crippen MR) is 71.0 cm³/mol. The quantitative estimate of drug-likeness (QED) is 0.877. The zero-order chi connectivity index (χ0) is 13.8. The lowest BCUT2D eigenvalue weighted by molar-refractivity contribution is 0.112. The van der Waals surface area contributed by atoms with E-state index in [1.165, 1.54) is 0 Å². The average Bonchev–Trinajstić information content (AvgIpc) is 2.77. The molecule has 0 aromatic carbocycles. The molecule has 0 aliphatic carbocycles. The standard InChI is InChI=1S/C11H8ClN3O3S/c12-9-8(6-16)19-10(14-9)15(11(17)18)5-7-1-3-13-4-2-7/h1-4,6H,5H2,(H,17,18). The molecule has 0 fully saturated rings. The summed E-state index contributed by atoms with van der Waals surface area (Å²) >= 11 is 6.67. The lowest BCUT2D eigenvalue weighted by atomic mass is 10.2. The monoisotopic (exact) mass is 297 g/mol. The maximum atomic E-state index is 11.3. The average molecular weight is 298 g/mol. The first-order valence-corrected chi connectivity index (χ1v) is 6.32. The molecule has 0 spiro atoms. The van der Waals surface area contributed by atoms with Crippen molar-refractivity contribution < 1.29 is 14.7 Å². The number of rotatable bonds is 4. The van der Waals surface area contributed by atoms with Gasteiger partial charge in [0.2, 0.25) is 0 Å². The summed E-state index contributed by atoms with van der Waals surface area (Å²) in [4.78, 5) is 30.9. The molecule has 0 unspecified atom stereocenters. The van der Waals surface area contributed by atoms with E-state index in [1.54, 1.807) is 24.5 Å². The molecule has 0 saturated carbocycles. The number of nitrogens with zero attached hydrogens (tertiary/aromatic N) is 3. The molecule has 0 atom stereocenters. The summed E-state index contributed by atoms with van der Waals surface area (Å²) < 4.78 is 0. The van der Waals surface area contributed by atoms with E-state index in [-0.39, 0.29) is 21.7 Å². The number of pyridine rings is 1. The van der Waals surface area contributed by atoms with Crippen molar-refractivity contribution in [3.63, 3.8) is 0 Å². The lowest BCUT2D eigenvalue weighted by Crippen LogP contribution is -2.28. The second-order valence-corrected chi connectivity index (χ2v) is 4.86. The normalized spacial score (nSPS) is 10.2. The summed E-state index contributed by atoms with van der Waals surface area (Å²) in [7, 11) is 0. The molecule has 0 aliphatic rings. The number of carbonyl (C=O) groups excluding carboxylic acids is 1. The number of aldehydes is 1. The van der Waals surface area contributed by atoms with Gasteiger partial charge in [-0.05, 0) is 17.7 Å². The van der Waals surface area contributed by atoms with Crippen LogP contribution in [0.5, 0.6) is 0 Å². The largest absolute Gasteiger partial charge is 0.465 e. The minimum Gasteiger partial charge on any atom is -0.465 e. The van der Waals surface area contributed by atoms with E-state index in [9.17, 15) is 14.7 Å². The molecule has 0 bridgehead atoms. The molecule has 8 heteroatoms. The van der Waals surface area contributed by atoms with Gasteiger partial charge in [-0.15, -0.1) is 0 Å². The smallest absolute Gasteiger partial charge is 0.413 e. The van der Waals surface area contributed by atoms with Gasteiger partial charge >= 0.3 is 6.09 Å². The zero-order valence-corrected chi connectivity index (χ0v) is 11.1. The summed E-state index contributed by atoms with van der Waals surface area (Å²) in [5.41, 5.74) is 0.761. The predicted octanol–water partition coefficient (Wildman–Crippen LogP) is 2.69. The minimum atomic E-state index is -1.17. The summed E-state index contributed by atoms with van der Waals surface area (Å²) in [6.07, 6.45) is 2.53. The van der Waals surface area contributed by atoms with E-state index >= 15 is 0 Å². The highest BCUT2D eigenvalue weighted by atomic mass is 35.5. The Balaban J connectivity index is 2.30. The molecule has 0 saturated heterocycles. The van der Waals surface area contributed by atoms with E-state index in [4.69, 9.17) is 11.6 Å². The topological polar surface area (TPSA) is 83.4 Å². The minimum absolute atomic E-state index is 0.0102. The van der Waals surface area contributed by atoms with Crippen LogP contribution in [-0.4, -0.2) is 27.5 Å². The van der Waals surface area contributed by atoms with Crippen molar-refractivity contribution in [3.8, 4) is 0 Å². The van der Waals surface area contributed by atoms with Crippen LogP contribution in [0.15, 0.2) is 24.5 Å². The number of thiazole rings is 1. The van der Waals surface area contributed by atoms with Gasteiger partial charge in [-0.3, -0.25) is 9.78 Å². The molecule has 19 heavy (non-hydrogen) atoms. The van der Waals surface area contributed by atoms with Crippen molar-refractivity contribution in [2.24, 2.45) is 0 Å². The number of aromatic nitrogens is 2. The Kier molecular flexibility index (Phi) is 4.08. The number of halogens is 1. The van der Waals surface area contributed by atoms with Crippen molar-refractivity contribution in [2.75, 3.05) is 4.90 Å². The Hall–Kier alpha value is -1.99. The van der Waals surface area contributed by atoms with Crippen LogP contribution in [0.1, 0.15) is 15.2 Å². The van der Waals surface area contributed by atoms with Crippen molar-refractivity contribution in [2.45, 2.75) is 6.54 Å². The van der Waals surface area contributed by atoms with Crippen LogP contribution < -0.4 is 4.90 Å². The van der Waals surface area contributed by atoms with E-state index in [0.717, 1.165) is 21.8 Å². The van der Waals surface area contributed by atoms with Gasteiger partial charge in [0, 0.05) is 12.4 Å². The first-order chi connectivity index (χ1) is 9.11. The maximum Gasteiger partial charge on any atom is 0.413 e. The molecule has 0 aliphatic heterocycles. The number of amides is 1. The highest BCUT2D eigenvalue weighted by Gasteiger charge is 2.20. The van der Waals surface area contributed by atoms with Crippen LogP contribution in [0.3, 0.4) is 0 Å². The fourth-order valence-corrected chi connectivity index (χ4v) is 2.43. The third-order valence-corrected chi connectivity index (χ3v) is 3.66. The zero-order valence-electron chi connectivity index (χ0n) is 9.49. The van der Waals surface area contributed by atoms with Gasteiger partial charge in [0.05, 0.1) is 6.54 Å². The van der Waals surface area contributed by atoms with E-state index in [2.05, 4.69) is 9.97 Å². The highest BCUT2D eigenvalue weighted by molar-refractivity contribution is 7.17. The van der Waals surface area contributed by atoms with Crippen molar-refractivity contribution in [1.82, 2.24) is 9.97 Å². The van der Waals surface area contributed by atoms with Gasteiger partial charge in [0.15, 0.2) is 16.6 Å². The van der Waals surface area contributed by atoms with E-state index in [1.807, 2.05) is 0 Å². The Labute approximate surface area is 117 Å². The molecule has 2 heterocycles. The first-order valence-electron chi connectivity index (χ1n) is 5.12. The summed E-state index contributed by atoms with van der Waals surface area (Å²) in [5, 5.41) is 9.38. The molecule has 1 N–H and O–H groups in total. The molecule has 1 amide bonds. The van der Waals surface area contributed by atoms with E-state index in [0.29, 0.717) is 6.29 Å². The van der Waals surface area contributed by atoms with Crippen LogP contribution in [0, 0.1) is 0 Å². The van der Waals surface area contributed by atoms with Gasteiger partial charge in [0.1, 0.15) is 4.88 Å². The summed E-state index contributed by atoms with van der Waals surface area (Å²) in [6, 6.07) is 3.40. The van der Waals surface area contributed by atoms with Crippen molar-refractivity contribution in [3.05, 3.63) is 40.1 Å². The third kappa shape index (κ3) is 3.07. The Morgan fingerprint density at radius 2 is 2.16 bits per heavy atom. The highest BCUT2D eigenvalue weighted by Crippen LogP contribution is 2.29. The third-order valence-electron chi connectivity index (χ3n) is 2.26. The molecule has 6 nitrogen and oxygen atoms in total. The van der Waals surface area contributed by atoms with Gasteiger partial charge in [-0.25, -0.2) is 14.7 Å². The van der Waals surface area contributed by atoms with Gasteiger partial charge < -0.3 is 5.11 Å². The van der Waals surface area contributed by atoms with E-state index < -0.39 is 6.09 Å². The maximum absolute atomic E-state index is 11.3. The van der Waals surface area contributed by atoms with Crippen molar-refractivity contribution >= 4 is 40.4 Å². The van der Waals surface area contributed by atoms with Gasteiger partial charge in [-0.1, -0.05) is 22.9 Å². The molecule has 2 rings (SSSR count). The number of anilines is 1. The lowest BCUT2D eigenvalue weighted by Gasteiger charge is -2.15. The Bertz CT molecular complexity index is 602. The summed E-state index contributed by atoms with van der Waals surface area (Å²) in [5.74, 6) is 0. The number of carboxylic acid groups (broad SMARTS) is 1. The van der Waals surface area contributed by atoms with Gasteiger partial charge in [0.25, 0.3) is 0 Å². The first kappa shape index (κ1) is 13.4. The molecule has 98 valence electrons. The molecular weight excluding hydrogens is 290 g/mol. The second-order valence-electron chi connectivity index (χ2n) is 3.49. The van der Waals surface area contributed by atoms with Gasteiger partial charge in [-0.2, -0.15) is 0 Å². The van der Waals surface area contributed by atoms with Crippen LogP contribution in [0.25, 0.3) is 0 Å². The molecule has 2 aromatic rings. The Morgan fingerprint density at radius 1 is 1.47 bits per heavy atom.